The Bertz CT molecular complexity index is 751. The number of hydrogen-bond acceptors (Lipinski definition) is 8. The van der Waals surface area contributed by atoms with Gasteiger partial charge in [0.15, 0.2) is 17.0 Å². The quantitative estimate of drug-likeness (QED) is 0.642. The number of aliphatic hydroxyl groups excluding tert-OH is 2. The first kappa shape index (κ1) is 18.5. The van der Waals surface area contributed by atoms with Gasteiger partial charge in [-0.2, -0.15) is 0 Å². The third kappa shape index (κ3) is 3.62. The van der Waals surface area contributed by atoms with Crippen LogP contribution >= 0.6 is 0 Å². The third-order valence-electron chi connectivity index (χ3n) is 4.54. The Balaban J connectivity index is 1.77. The summed E-state index contributed by atoms with van der Waals surface area (Å²) in [6, 6.07) is -0.483. The Morgan fingerprint density at radius 2 is 1.85 bits per heavy atom. The van der Waals surface area contributed by atoms with Gasteiger partial charge >= 0.3 is 0 Å². The molecule has 2 N–H and O–H groups in total. The molecule has 26 heavy (non-hydrogen) atoms. The van der Waals surface area contributed by atoms with E-state index in [0.29, 0.717) is 49.7 Å². The van der Waals surface area contributed by atoms with Crippen molar-refractivity contribution in [2.24, 2.45) is 0 Å². The number of likely N-dealkylation sites (N-methyl/N-ethyl adjacent to an activating group) is 1. The van der Waals surface area contributed by atoms with Gasteiger partial charge in [-0.1, -0.05) is 0 Å². The summed E-state index contributed by atoms with van der Waals surface area (Å²) in [5, 5.41) is 18.8. The van der Waals surface area contributed by atoms with E-state index in [1.165, 1.54) is 6.33 Å². The van der Waals surface area contributed by atoms with Gasteiger partial charge in [0, 0.05) is 26.2 Å². The first-order valence-electron chi connectivity index (χ1n) is 8.61. The number of hydrogen-bond donors (Lipinski definition) is 2. The van der Waals surface area contributed by atoms with Gasteiger partial charge < -0.3 is 29.5 Å². The summed E-state index contributed by atoms with van der Waals surface area (Å²) < 4.78 is 1.66. The molecule has 2 aromatic rings. The van der Waals surface area contributed by atoms with Gasteiger partial charge in [-0.25, -0.2) is 15.0 Å². The second-order valence-corrected chi connectivity index (χ2v) is 6.65. The van der Waals surface area contributed by atoms with Crippen LogP contribution in [-0.4, -0.2) is 105 Å². The summed E-state index contributed by atoms with van der Waals surface area (Å²) in [6.07, 6.45) is 3.03. The van der Waals surface area contributed by atoms with Crippen LogP contribution in [-0.2, 0) is 4.79 Å². The van der Waals surface area contributed by atoms with Crippen molar-refractivity contribution in [3.05, 3.63) is 12.7 Å². The van der Waals surface area contributed by atoms with Crippen molar-refractivity contribution < 1.29 is 15.0 Å². The molecule has 10 heteroatoms. The molecule has 0 saturated carbocycles. The molecule has 0 atom stereocenters. The molecule has 1 aliphatic rings. The molecule has 1 amide bonds. The topological polar surface area (TPSA) is 111 Å². The lowest BCUT2D eigenvalue weighted by Crippen LogP contribution is -2.51. The van der Waals surface area contributed by atoms with Gasteiger partial charge in [0.25, 0.3) is 0 Å². The van der Waals surface area contributed by atoms with Crippen LogP contribution in [0.25, 0.3) is 11.2 Å². The van der Waals surface area contributed by atoms with Gasteiger partial charge in [0.1, 0.15) is 6.33 Å². The largest absolute Gasteiger partial charge is 0.394 e. The number of nitrogens with zero attached hydrogens (tertiary/aromatic N) is 7. The maximum absolute atomic E-state index is 12.2. The van der Waals surface area contributed by atoms with Crippen LogP contribution in [0.3, 0.4) is 0 Å². The van der Waals surface area contributed by atoms with E-state index in [-0.39, 0.29) is 19.1 Å². The Labute approximate surface area is 151 Å². The van der Waals surface area contributed by atoms with E-state index in [4.69, 9.17) is 0 Å². The van der Waals surface area contributed by atoms with Crippen molar-refractivity contribution in [3.8, 4) is 0 Å². The fourth-order valence-electron chi connectivity index (χ4n) is 3.11. The molecular weight excluding hydrogens is 338 g/mol. The molecule has 1 fully saturated rings. The lowest BCUT2D eigenvalue weighted by molar-refractivity contribution is -0.132. The Morgan fingerprint density at radius 3 is 2.46 bits per heavy atom. The number of carbonyl (C=O) groups excluding carboxylic acids is 1. The van der Waals surface area contributed by atoms with E-state index in [1.807, 2.05) is 23.9 Å². The molecule has 0 aliphatic carbocycles. The number of aromatic nitrogens is 4. The predicted molar refractivity (Wildman–Crippen MR) is 95.9 cm³/mol. The average Bonchev–Trinajstić information content (AvgIpc) is 3.06. The highest BCUT2D eigenvalue weighted by Gasteiger charge is 2.25. The molecule has 3 heterocycles. The summed E-state index contributed by atoms with van der Waals surface area (Å²) in [5.41, 5.74) is 1.21. The zero-order valence-corrected chi connectivity index (χ0v) is 15.1. The number of carbonyl (C=O) groups is 1. The van der Waals surface area contributed by atoms with Crippen LogP contribution in [0.4, 0.5) is 5.82 Å². The molecule has 142 valence electrons. The zero-order valence-electron chi connectivity index (χ0n) is 15.1. The van der Waals surface area contributed by atoms with Gasteiger partial charge in [0.05, 0.1) is 32.1 Å². The van der Waals surface area contributed by atoms with Crippen LogP contribution in [0, 0.1) is 0 Å². The minimum Gasteiger partial charge on any atom is -0.394 e. The van der Waals surface area contributed by atoms with Crippen LogP contribution in [0.2, 0.25) is 0 Å². The molecule has 0 unspecified atom stereocenters. The molecular formula is C16H25N7O3. The highest BCUT2D eigenvalue weighted by Crippen LogP contribution is 2.24. The number of imidazole rings is 1. The highest BCUT2D eigenvalue weighted by atomic mass is 16.3. The van der Waals surface area contributed by atoms with Crippen molar-refractivity contribution in [1.29, 1.82) is 0 Å². The molecule has 1 saturated heterocycles. The number of aliphatic hydroxyl groups is 2. The standard InChI is InChI=1S/C16H25N7O3/c1-20(2)7-13(26)21-3-5-22(6-4-21)15-14-16(18-10-17-15)23(11-19-14)12(8-24)9-25/h10-12,24-25H,3-9H2,1-2H3. The molecule has 10 nitrogen and oxygen atoms in total. The van der Waals surface area contributed by atoms with E-state index in [0.717, 1.165) is 0 Å². The van der Waals surface area contributed by atoms with E-state index >= 15 is 0 Å². The fraction of sp³-hybridized carbons (Fsp3) is 0.625. The van der Waals surface area contributed by atoms with Crippen LogP contribution in [0.1, 0.15) is 6.04 Å². The van der Waals surface area contributed by atoms with E-state index in [9.17, 15) is 15.0 Å². The smallest absolute Gasteiger partial charge is 0.236 e. The summed E-state index contributed by atoms with van der Waals surface area (Å²) >= 11 is 0. The normalized spacial score (nSPS) is 15.5. The number of rotatable bonds is 6. The maximum atomic E-state index is 12.2. The van der Waals surface area contributed by atoms with Crippen molar-refractivity contribution in [3.63, 3.8) is 0 Å². The number of fused-ring (bicyclic) bond motifs is 1. The minimum absolute atomic E-state index is 0.125. The molecule has 0 aromatic carbocycles. The highest BCUT2D eigenvalue weighted by molar-refractivity contribution is 5.84. The summed E-state index contributed by atoms with van der Waals surface area (Å²) in [4.78, 5) is 31.0. The van der Waals surface area contributed by atoms with Crippen molar-refractivity contribution in [2.75, 3.05) is 64.9 Å². The summed E-state index contributed by atoms with van der Waals surface area (Å²) in [7, 11) is 3.77. The summed E-state index contributed by atoms with van der Waals surface area (Å²) in [5.74, 6) is 0.837. The average molecular weight is 363 g/mol. The molecule has 3 rings (SSSR count). The maximum Gasteiger partial charge on any atom is 0.236 e. The lowest BCUT2D eigenvalue weighted by atomic mass is 10.3. The minimum atomic E-state index is -0.483. The fourth-order valence-corrected chi connectivity index (χ4v) is 3.11. The van der Waals surface area contributed by atoms with Gasteiger partial charge in [-0.15, -0.1) is 0 Å². The molecule has 1 aliphatic heterocycles. The number of amides is 1. The van der Waals surface area contributed by atoms with Crippen LogP contribution in [0.5, 0.6) is 0 Å². The molecule has 0 radical (unpaired) electrons. The molecule has 0 spiro atoms. The first-order chi connectivity index (χ1) is 12.5. The van der Waals surface area contributed by atoms with Gasteiger partial charge in [0.2, 0.25) is 5.91 Å². The van der Waals surface area contributed by atoms with E-state index in [2.05, 4.69) is 19.9 Å². The second-order valence-electron chi connectivity index (χ2n) is 6.65. The lowest BCUT2D eigenvalue weighted by Gasteiger charge is -2.35. The third-order valence-corrected chi connectivity index (χ3v) is 4.54. The van der Waals surface area contributed by atoms with E-state index < -0.39 is 6.04 Å². The summed E-state index contributed by atoms with van der Waals surface area (Å²) in [6.45, 7) is 2.61. The Morgan fingerprint density at radius 1 is 1.15 bits per heavy atom. The Hall–Kier alpha value is -2.30. The van der Waals surface area contributed by atoms with Crippen molar-refractivity contribution in [1.82, 2.24) is 29.3 Å². The molecule has 0 bridgehead atoms. The second kappa shape index (κ2) is 7.94. The van der Waals surface area contributed by atoms with E-state index in [1.54, 1.807) is 10.9 Å². The number of anilines is 1. The Kier molecular flexibility index (Phi) is 5.64. The number of piperazine rings is 1. The SMILES string of the molecule is CN(C)CC(=O)N1CCN(c2ncnc3c2ncn3C(CO)CO)CC1. The monoisotopic (exact) mass is 363 g/mol. The van der Waals surface area contributed by atoms with Crippen LogP contribution < -0.4 is 4.90 Å². The van der Waals surface area contributed by atoms with Crippen molar-refractivity contribution >= 4 is 22.9 Å². The first-order valence-corrected chi connectivity index (χ1v) is 8.61. The molecule has 2 aromatic heterocycles. The zero-order chi connectivity index (χ0) is 18.7. The van der Waals surface area contributed by atoms with Crippen molar-refractivity contribution in [2.45, 2.75) is 6.04 Å². The van der Waals surface area contributed by atoms with Gasteiger partial charge in [-0.3, -0.25) is 4.79 Å². The van der Waals surface area contributed by atoms with Gasteiger partial charge in [-0.05, 0) is 14.1 Å². The predicted octanol–water partition coefficient (Wildman–Crippen LogP) is -1.44. The van der Waals surface area contributed by atoms with Crippen LogP contribution in [0.15, 0.2) is 12.7 Å².